The summed E-state index contributed by atoms with van der Waals surface area (Å²) in [7, 11) is 0. The lowest BCUT2D eigenvalue weighted by Gasteiger charge is -2.45. The van der Waals surface area contributed by atoms with Crippen LogP contribution in [0.15, 0.2) is 18.2 Å². The first-order chi connectivity index (χ1) is 14.4. The summed E-state index contributed by atoms with van der Waals surface area (Å²) in [6.45, 7) is 8.65. The molecule has 2 saturated heterocycles. The molecule has 2 atom stereocenters. The number of benzene rings is 1. The van der Waals surface area contributed by atoms with Gasteiger partial charge in [0, 0.05) is 24.7 Å². The average Bonchev–Trinajstić information content (AvgIpc) is 2.75. The number of aromatic hydroxyl groups is 1. The van der Waals surface area contributed by atoms with E-state index in [1.807, 2.05) is 19.9 Å². The fraction of sp³-hybridized carbons (Fsp3) is 0.591. The monoisotopic (exact) mass is 419 g/mol. The van der Waals surface area contributed by atoms with Crippen LogP contribution in [-0.4, -0.2) is 85.3 Å². The van der Waals surface area contributed by atoms with Crippen molar-refractivity contribution in [2.45, 2.75) is 31.6 Å². The van der Waals surface area contributed by atoms with Crippen molar-refractivity contribution in [3.8, 4) is 11.5 Å². The Labute approximate surface area is 176 Å². The van der Waals surface area contributed by atoms with Crippen LogP contribution in [0, 0.1) is 0 Å². The molecule has 0 spiro atoms. The summed E-state index contributed by atoms with van der Waals surface area (Å²) in [5.74, 6) is 0.517. The lowest BCUT2D eigenvalue weighted by atomic mass is 9.84. The number of aliphatic hydroxyl groups is 1. The highest BCUT2D eigenvalue weighted by Crippen LogP contribution is 2.44. The molecule has 8 heteroatoms. The predicted octanol–water partition coefficient (Wildman–Crippen LogP) is -0.248. The van der Waals surface area contributed by atoms with E-state index in [-0.39, 0.29) is 17.7 Å². The zero-order valence-corrected chi connectivity index (χ0v) is 17.6. The van der Waals surface area contributed by atoms with Crippen LogP contribution in [-0.2, 0) is 14.3 Å². The summed E-state index contributed by atoms with van der Waals surface area (Å²) < 4.78 is 16.8. The highest BCUT2D eigenvalue weighted by Gasteiger charge is 2.49. The Morgan fingerprint density at radius 2 is 1.83 bits per heavy atom. The number of nitrogens with zero attached hydrogens (tertiary/aromatic N) is 1. The van der Waals surface area contributed by atoms with Crippen molar-refractivity contribution in [1.29, 1.82) is 0 Å². The molecule has 1 amide bonds. The van der Waals surface area contributed by atoms with E-state index in [9.17, 15) is 15.0 Å². The minimum atomic E-state index is -0.793. The number of phenols is 1. The number of phenolic OH excluding ortho intramolecular Hbond substituents is 1. The van der Waals surface area contributed by atoms with E-state index < -0.39 is 11.7 Å². The van der Waals surface area contributed by atoms with Gasteiger partial charge in [-0.25, -0.2) is 0 Å². The summed E-state index contributed by atoms with van der Waals surface area (Å²) in [6.07, 6.45) is 2.32. The Balaban J connectivity index is 1.65. The first-order valence-electron chi connectivity index (χ1n) is 10.6. The number of morpholine rings is 2. The van der Waals surface area contributed by atoms with Crippen molar-refractivity contribution in [3.05, 3.63) is 29.3 Å². The highest BCUT2D eigenvalue weighted by molar-refractivity contribution is 5.92. The molecule has 3 aliphatic rings. The van der Waals surface area contributed by atoms with Crippen molar-refractivity contribution >= 4 is 12.0 Å². The van der Waals surface area contributed by atoms with Gasteiger partial charge in [-0.3, -0.25) is 4.79 Å². The van der Waals surface area contributed by atoms with Gasteiger partial charge in [0.1, 0.15) is 36.3 Å². The molecular formula is C22H31N2O6+. The smallest absolute Gasteiger partial charge is 0.246 e. The Morgan fingerprint density at radius 3 is 2.53 bits per heavy atom. The standard InChI is InChI=1S/C22H30N2O6/c1-22(2)21(27)19(24-9-13-29-14-10-24)18-16(30-22)5-3-15(20(18)26)4-6-17(25)23-7-11-28-12-8-23/h3-6,19,21,26-27H,7-14H2,1-2H3/p+1/b6-4+/t19-,21+/m0/s1. The van der Waals surface area contributed by atoms with Crippen LogP contribution in [0.2, 0.25) is 0 Å². The van der Waals surface area contributed by atoms with Gasteiger partial charge in [-0.1, -0.05) is 0 Å². The Kier molecular flexibility index (Phi) is 6.02. The molecule has 2 fully saturated rings. The molecular weight excluding hydrogens is 388 g/mol. The number of quaternary nitrogens is 1. The van der Waals surface area contributed by atoms with E-state index in [2.05, 4.69) is 0 Å². The molecule has 0 aliphatic carbocycles. The van der Waals surface area contributed by atoms with Gasteiger partial charge in [-0.15, -0.1) is 0 Å². The average molecular weight is 419 g/mol. The summed E-state index contributed by atoms with van der Waals surface area (Å²) in [6, 6.07) is 3.22. The number of hydrogen-bond donors (Lipinski definition) is 3. The van der Waals surface area contributed by atoms with Gasteiger partial charge in [-0.2, -0.15) is 0 Å². The number of carbonyl (C=O) groups excluding carboxylic acids is 1. The van der Waals surface area contributed by atoms with Crippen molar-refractivity contribution in [3.63, 3.8) is 0 Å². The van der Waals surface area contributed by atoms with Crippen molar-refractivity contribution < 1.29 is 34.1 Å². The second-order valence-electron chi connectivity index (χ2n) is 8.58. The van der Waals surface area contributed by atoms with Gasteiger partial charge >= 0.3 is 0 Å². The lowest BCUT2D eigenvalue weighted by Crippen LogP contribution is -3.15. The minimum absolute atomic E-state index is 0.0528. The normalized spacial score (nSPS) is 27.0. The number of aliphatic hydroxyl groups excluding tert-OH is 1. The van der Waals surface area contributed by atoms with Crippen LogP contribution in [0.25, 0.3) is 6.08 Å². The van der Waals surface area contributed by atoms with Gasteiger partial charge < -0.3 is 34.2 Å². The van der Waals surface area contributed by atoms with Gasteiger partial charge in [0.2, 0.25) is 5.91 Å². The number of hydrogen-bond acceptors (Lipinski definition) is 6. The highest BCUT2D eigenvalue weighted by atomic mass is 16.5. The van der Waals surface area contributed by atoms with Crippen LogP contribution in [0.4, 0.5) is 0 Å². The van der Waals surface area contributed by atoms with Gasteiger partial charge in [-0.05, 0) is 32.1 Å². The van der Waals surface area contributed by atoms with E-state index in [0.29, 0.717) is 56.4 Å². The van der Waals surface area contributed by atoms with Gasteiger partial charge in [0.05, 0.1) is 32.0 Å². The van der Waals surface area contributed by atoms with Crippen molar-refractivity contribution in [1.82, 2.24) is 4.90 Å². The summed E-state index contributed by atoms with van der Waals surface area (Å²) in [4.78, 5) is 15.3. The molecule has 3 N–H and O–H groups in total. The van der Waals surface area contributed by atoms with Crippen LogP contribution in [0.5, 0.6) is 11.5 Å². The third-order valence-electron chi connectivity index (χ3n) is 6.22. The Morgan fingerprint density at radius 1 is 1.17 bits per heavy atom. The number of fused-ring (bicyclic) bond motifs is 1. The van der Waals surface area contributed by atoms with E-state index >= 15 is 0 Å². The number of ether oxygens (including phenoxy) is 3. The Hall–Kier alpha value is -2.13. The van der Waals surface area contributed by atoms with Gasteiger partial charge in [0.25, 0.3) is 0 Å². The quantitative estimate of drug-likeness (QED) is 0.586. The third kappa shape index (κ3) is 4.05. The number of nitrogens with one attached hydrogen (secondary N) is 1. The van der Waals surface area contributed by atoms with E-state index in [1.165, 1.54) is 6.08 Å². The fourth-order valence-corrected chi connectivity index (χ4v) is 4.46. The van der Waals surface area contributed by atoms with Crippen LogP contribution in [0.1, 0.15) is 31.0 Å². The summed E-state index contributed by atoms with van der Waals surface area (Å²) in [5, 5.41) is 22.2. The summed E-state index contributed by atoms with van der Waals surface area (Å²) in [5.41, 5.74) is 0.349. The molecule has 0 radical (unpaired) electrons. The maximum absolute atomic E-state index is 12.4. The lowest BCUT2D eigenvalue weighted by molar-refractivity contribution is -0.944. The molecule has 0 bridgehead atoms. The zero-order chi connectivity index (χ0) is 21.3. The van der Waals surface area contributed by atoms with E-state index in [0.717, 1.165) is 18.0 Å². The second kappa shape index (κ2) is 8.55. The molecule has 30 heavy (non-hydrogen) atoms. The third-order valence-corrected chi connectivity index (χ3v) is 6.22. The number of rotatable bonds is 3. The molecule has 164 valence electrons. The number of carbonyl (C=O) groups is 1. The molecule has 0 saturated carbocycles. The zero-order valence-electron chi connectivity index (χ0n) is 17.6. The largest absolute Gasteiger partial charge is 0.507 e. The van der Waals surface area contributed by atoms with Crippen molar-refractivity contribution in [2.75, 3.05) is 52.6 Å². The molecule has 4 rings (SSSR count). The fourth-order valence-electron chi connectivity index (χ4n) is 4.46. The SMILES string of the molecule is CC1(C)Oc2ccc(/C=C/C(=O)N3CCOCC3)c(O)c2[C@H]([NH+]2CCOCC2)[C@H]1O. The van der Waals surface area contributed by atoms with E-state index in [1.54, 1.807) is 17.0 Å². The predicted molar refractivity (Wildman–Crippen MR) is 110 cm³/mol. The molecule has 1 aromatic rings. The molecule has 0 aromatic heterocycles. The molecule has 3 aliphatic heterocycles. The molecule has 0 unspecified atom stereocenters. The molecule has 8 nitrogen and oxygen atoms in total. The van der Waals surface area contributed by atoms with Gasteiger partial charge in [0.15, 0.2) is 6.04 Å². The van der Waals surface area contributed by atoms with Crippen molar-refractivity contribution in [2.24, 2.45) is 0 Å². The van der Waals surface area contributed by atoms with Crippen LogP contribution < -0.4 is 9.64 Å². The molecule has 1 aromatic carbocycles. The summed E-state index contributed by atoms with van der Waals surface area (Å²) >= 11 is 0. The number of amides is 1. The maximum Gasteiger partial charge on any atom is 0.246 e. The first-order valence-corrected chi connectivity index (χ1v) is 10.6. The Bertz CT molecular complexity index is 812. The van der Waals surface area contributed by atoms with Crippen LogP contribution >= 0.6 is 0 Å². The topological polar surface area (TPSA) is 92.9 Å². The minimum Gasteiger partial charge on any atom is -0.507 e. The maximum atomic E-state index is 12.4. The first kappa shape index (κ1) is 21.1. The van der Waals surface area contributed by atoms with Crippen LogP contribution in [0.3, 0.4) is 0 Å². The second-order valence-corrected chi connectivity index (χ2v) is 8.58. The molecule has 3 heterocycles. The van der Waals surface area contributed by atoms with E-state index in [4.69, 9.17) is 14.2 Å².